The second kappa shape index (κ2) is 4.75. The molecule has 2 aliphatic carbocycles. The van der Waals surface area contributed by atoms with Crippen LogP contribution in [0.3, 0.4) is 0 Å². The molecule has 1 aromatic heterocycles. The Labute approximate surface area is 109 Å². The van der Waals surface area contributed by atoms with Gasteiger partial charge in [0.1, 0.15) is 18.0 Å². The Balaban J connectivity index is 1.81. The number of hydrogen-bond donors (Lipinski definition) is 2. The number of nitrogens with one attached hydrogen (secondary N) is 2. The van der Waals surface area contributed by atoms with Crippen molar-refractivity contribution in [3.63, 3.8) is 0 Å². The maximum atomic E-state index is 4.46. The van der Waals surface area contributed by atoms with E-state index in [0.29, 0.717) is 6.04 Å². The minimum Gasteiger partial charge on any atom is -0.373 e. The van der Waals surface area contributed by atoms with Gasteiger partial charge in [0.05, 0.1) is 0 Å². The molecule has 1 aromatic rings. The Bertz CT molecular complexity index is 412. The molecule has 98 valence electrons. The van der Waals surface area contributed by atoms with E-state index in [-0.39, 0.29) is 0 Å². The van der Waals surface area contributed by atoms with Crippen LogP contribution >= 0.6 is 0 Å². The largest absolute Gasteiger partial charge is 0.373 e. The van der Waals surface area contributed by atoms with Crippen LogP contribution in [0.25, 0.3) is 0 Å². The lowest BCUT2D eigenvalue weighted by atomic mass is 10.1. The Morgan fingerprint density at radius 2 is 1.78 bits per heavy atom. The van der Waals surface area contributed by atoms with Crippen molar-refractivity contribution in [1.29, 1.82) is 0 Å². The second-order valence-electron chi connectivity index (χ2n) is 5.50. The molecular weight excluding hydrogens is 224 g/mol. The Morgan fingerprint density at radius 3 is 2.28 bits per heavy atom. The summed E-state index contributed by atoms with van der Waals surface area (Å²) >= 11 is 0. The SMILES string of the molecule is CCc1c(NC)ncnc1NC(C1CC1)C1CC1. The van der Waals surface area contributed by atoms with Gasteiger partial charge in [-0.05, 0) is 43.9 Å². The van der Waals surface area contributed by atoms with E-state index >= 15 is 0 Å². The molecular formula is C14H22N4. The average molecular weight is 246 g/mol. The number of nitrogens with zero attached hydrogens (tertiary/aromatic N) is 2. The van der Waals surface area contributed by atoms with Gasteiger partial charge in [0.15, 0.2) is 0 Å². The first-order valence-corrected chi connectivity index (χ1v) is 7.11. The summed E-state index contributed by atoms with van der Waals surface area (Å²) in [4.78, 5) is 8.75. The molecule has 4 heteroatoms. The highest BCUT2D eigenvalue weighted by molar-refractivity contribution is 5.57. The number of hydrogen-bond acceptors (Lipinski definition) is 4. The third kappa shape index (κ3) is 2.28. The highest BCUT2D eigenvalue weighted by Gasteiger charge is 2.41. The number of aromatic nitrogens is 2. The Kier molecular flexibility index (Phi) is 3.10. The summed E-state index contributed by atoms with van der Waals surface area (Å²) in [7, 11) is 1.92. The highest BCUT2D eigenvalue weighted by atomic mass is 15.1. The molecule has 0 radical (unpaired) electrons. The van der Waals surface area contributed by atoms with Crippen molar-refractivity contribution < 1.29 is 0 Å². The van der Waals surface area contributed by atoms with Crippen LogP contribution in [0, 0.1) is 11.8 Å². The average Bonchev–Trinajstić information content (AvgIpc) is 3.28. The summed E-state index contributed by atoms with van der Waals surface area (Å²) in [6.07, 6.45) is 8.17. The molecule has 0 saturated heterocycles. The van der Waals surface area contributed by atoms with Gasteiger partial charge < -0.3 is 10.6 Å². The van der Waals surface area contributed by atoms with E-state index in [1.165, 1.54) is 31.2 Å². The van der Waals surface area contributed by atoms with Gasteiger partial charge in [-0.25, -0.2) is 9.97 Å². The van der Waals surface area contributed by atoms with E-state index in [9.17, 15) is 0 Å². The van der Waals surface area contributed by atoms with E-state index < -0.39 is 0 Å². The van der Waals surface area contributed by atoms with E-state index in [4.69, 9.17) is 0 Å². The van der Waals surface area contributed by atoms with Crippen LogP contribution < -0.4 is 10.6 Å². The van der Waals surface area contributed by atoms with Crippen molar-refractivity contribution in [3.05, 3.63) is 11.9 Å². The van der Waals surface area contributed by atoms with E-state index in [1.54, 1.807) is 6.33 Å². The summed E-state index contributed by atoms with van der Waals surface area (Å²) in [5.41, 5.74) is 1.21. The van der Waals surface area contributed by atoms with Crippen LogP contribution in [0.2, 0.25) is 0 Å². The van der Waals surface area contributed by atoms with Crippen LogP contribution in [0.4, 0.5) is 11.6 Å². The van der Waals surface area contributed by atoms with E-state index in [0.717, 1.165) is 29.9 Å². The van der Waals surface area contributed by atoms with Crippen molar-refractivity contribution in [1.82, 2.24) is 9.97 Å². The quantitative estimate of drug-likeness (QED) is 0.810. The van der Waals surface area contributed by atoms with Crippen LogP contribution in [0.1, 0.15) is 38.2 Å². The molecule has 0 aliphatic heterocycles. The maximum absolute atomic E-state index is 4.46. The monoisotopic (exact) mass is 246 g/mol. The smallest absolute Gasteiger partial charge is 0.134 e. The molecule has 0 bridgehead atoms. The van der Waals surface area contributed by atoms with E-state index in [1.807, 2.05) is 7.05 Å². The first-order chi connectivity index (χ1) is 8.83. The summed E-state index contributed by atoms with van der Waals surface area (Å²) in [5.74, 6) is 3.77. The van der Waals surface area contributed by atoms with Crippen molar-refractivity contribution in [2.24, 2.45) is 11.8 Å². The molecule has 0 amide bonds. The Hall–Kier alpha value is -1.32. The van der Waals surface area contributed by atoms with Gasteiger partial charge in [-0.3, -0.25) is 0 Å². The molecule has 4 nitrogen and oxygen atoms in total. The zero-order valence-corrected chi connectivity index (χ0v) is 11.2. The van der Waals surface area contributed by atoms with Crippen LogP contribution in [-0.2, 0) is 6.42 Å². The first kappa shape index (κ1) is 11.8. The van der Waals surface area contributed by atoms with Crippen molar-refractivity contribution >= 4 is 11.6 Å². The summed E-state index contributed by atoms with van der Waals surface area (Å²) < 4.78 is 0. The molecule has 3 rings (SSSR count). The predicted molar refractivity (Wildman–Crippen MR) is 73.8 cm³/mol. The van der Waals surface area contributed by atoms with Gasteiger partial charge in [0, 0.05) is 18.7 Å². The molecule has 18 heavy (non-hydrogen) atoms. The first-order valence-electron chi connectivity index (χ1n) is 7.11. The lowest BCUT2D eigenvalue weighted by Crippen LogP contribution is -2.25. The maximum Gasteiger partial charge on any atom is 0.134 e. The Morgan fingerprint density at radius 1 is 1.17 bits per heavy atom. The molecule has 1 heterocycles. The minimum absolute atomic E-state index is 0.648. The molecule has 0 spiro atoms. The van der Waals surface area contributed by atoms with Crippen LogP contribution in [0.5, 0.6) is 0 Å². The molecule has 0 unspecified atom stereocenters. The summed E-state index contributed by atoms with van der Waals surface area (Å²) in [5, 5.41) is 6.86. The molecule has 2 fully saturated rings. The zero-order chi connectivity index (χ0) is 12.5. The third-order valence-corrected chi connectivity index (χ3v) is 4.10. The van der Waals surface area contributed by atoms with E-state index in [2.05, 4.69) is 27.5 Å². The molecule has 2 aliphatic rings. The van der Waals surface area contributed by atoms with Gasteiger partial charge in [-0.1, -0.05) is 6.92 Å². The number of rotatable bonds is 6. The van der Waals surface area contributed by atoms with Crippen LogP contribution in [-0.4, -0.2) is 23.1 Å². The molecule has 2 N–H and O–H groups in total. The fourth-order valence-corrected chi connectivity index (χ4v) is 2.78. The van der Waals surface area contributed by atoms with Crippen LogP contribution in [0.15, 0.2) is 6.33 Å². The number of anilines is 2. The fourth-order valence-electron chi connectivity index (χ4n) is 2.78. The van der Waals surface area contributed by atoms with Crippen molar-refractivity contribution in [3.8, 4) is 0 Å². The van der Waals surface area contributed by atoms with Gasteiger partial charge >= 0.3 is 0 Å². The topological polar surface area (TPSA) is 49.8 Å². The molecule has 0 aromatic carbocycles. The lowest BCUT2D eigenvalue weighted by Gasteiger charge is -2.21. The molecule has 2 saturated carbocycles. The third-order valence-electron chi connectivity index (χ3n) is 4.10. The van der Waals surface area contributed by atoms with Gasteiger partial charge in [-0.2, -0.15) is 0 Å². The standard InChI is InChI=1S/C14H22N4/c1-3-11-13(15-2)16-8-17-14(11)18-12(9-4-5-9)10-6-7-10/h8-10,12H,3-7H2,1-2H3,(H2,15,16,17,18). The van der Waals surface area contributed by atoms with Crippen molar-refractivity contribution in [2.75, 3.05) is 17.7 Å². The van der Waals surface area contributed by atoms with Crippen molar-refractivity contribution in [2.45, 2.75) is 45.1 Å². The summed E-state index contributed by atoms with van der Waals surface area (Å²) in [6.45, 7) is 2.16. The molecule has 0 atom stereocenters. The van der Waals surface area contributed by atoms with Gasteiger partial charge in [-0.15, -0.1) is 0 Å². The van der Waals surface area contributed by atoms with Gasteiger partial charge in [0.2, 0.25) is 0 Å². The predicted octanol–water partition coefficient (Wildman–Crippen LogP) is 2.68. The van der Waals surface area contributed by atoms with Gasteiger partial charge in [0.25, 0.3) is 0 Å². The summed E-state index contributed by atoms with van der Waals surface area (Å²) in [6, 6.07) is 0.648. The lowest BCUT2D eigenvalue weighted by molar-refractivity contribution is 0.565. The normalized spacial score (nSPS) is 19.1. The minimum atomic E-state index is 0.648. The fraction of sp³-hybridized carbons (Fsp3) is 0.714. The zero-order valence-electron chi connectivity index (χ0n) is 11.2. The highest BCUT2D eigenvalue weighted by Crippen LogP contribution is 2.46. The second-order valence-corrected chi connectivity index (χ2v) is 5.50.